The van der Waals surface area contributed by atoms with Gasteiger partial charge in [0.15, 0.2) is 5.65 Å². The number of aromatic nitrogens is 4. The zero-order chi connectivity index (χ0) is 18.8. The van der Waals surface area contributed by atoms with Crippen LogP contribution in [0.1, 0.15) is 48.8 Å². The molecule has 1 amide bonds. The topological polar surface area (TPSA) is 63.4 Å². The molecule has 1 fully saturated rings. The first-order chi connectivity index (χ1) is 13.1. The molecular weight excluding hydrogens is 358 g/mol. The minimum absolute atomic E-state index is 0.0600. The van der Waals surface area contributed by atoms with Crippen LogP contribution in [0.15, 0.2) is 47.8 Å². The summed E-state index contributed by atoms with van der Waals surface area (Å²) in [7, 11) is 0. The third-order valence-electron chi connectivity index (χ3n) is 4.76. The number of hydrogen-bond acceptors (Lipinski definition) is 5. The van der Waals surface area contributed by atoms with Crippen molar-refractivity contribution in [2.24, 2.45) is 0 Å². The maximum atomic E-state index is 13.2. The molecule has 4 rings (SSSR count). The molecule has 1 unspecified atom stereocenters. The monoisotopic (exact) mass is 381 g/mol. The Bertz CT molecular complexity index is 954. The normalized spacial score (nSPS) is 17.6. The molecule has 0 radical (unpaired) electrons. The molecular formula is C20H23N5OS. The summed E-state index contributed by atoms with van der Waals surface area (Å²) in [6, 6.07) is 9.62. The first kappa shape index (κ1) is 18.0. The molecule has 3 aromatic rings. The Labute approximate surface area is 163 Å². The fraction of sp³-hybridized carbons (Fsp3) is 0.400. The molecule has 0 saturated carbocycles. The van der Waals surface area contributed by atoms with Crippen molar-refractivity contribution in [1.82, 2.24) is 24.5 Å². The lowest BCUT2D eigenvalue weighted by atomic mass is 9.96. The summed E-state index contributed by atoms with van der Waals surface area (Å²) in [4.78, 5) is 19.6. The van der Waals surface area contributed by atoms with Crippen LogP contribution in [0.2, 0.25) is 0 Å². The summed E-state index contributed by atoms with van der Waals surface area (Å²) in [5, 5.41) is 9.86. The van der Waals surface area contributed by atoms with Crippen molar-refractivity contribution in [3.05, 3.63) is 54.1 Å². The number of likely N-dealkylation sites (tertiary alicyclic amines) is 1. The Morgan fingerprint density at radius 2 is 2.11 bits per heavy atom. The van der Waals surface area contributed by atoms with Gasteiger partial charge in [0, 0.05) is 36.7 Å². The number of carbonyl (C=O) groups is 1. The lowest BCUT2D eigenvalue weighted by molar-refractivity contribution is 0.0700. The SMILES string of the molecule is CC(C)Sc1ncccc1C(=O)N1CCCC(c2nnc3ccccn23)C1. The molecule has 0 aliphatic carbocycles. The van der Waals surface area contributed by atoms with Crippen LogP contribution in [0.3, 0.4) is 0 Å². The molecule has 6 nitrogen and oxygen atoms in total. The third-order valence-corrected chi connectivity index (χ3v) is 5.78. The fourth-order valence-corrected chi connectivity index (χ4v) is 4.40. The predicted molar refractivity (Wildman–Crippen MR) is 106 cm³/mol. The van der Waals surface area contributed by atoms with Crippen molar-refractivity contribution < 1.29 is 4.79 Å². The lowest BCUT2D eigenvalue weighted by Gasteiger charge is -2.32. The molecule has 140 valence electrons. The Hall–Kier alpha value is -2.41. The van der Waals surface area contributed by atoms with Crippen molar-refractivity contribution in [3.63, 3.8) is 0 Å². The van der Waals surface area contributed by atoms with Crippen LogP contribution in [-0.4, -0.2) is 48.7 Å². The number of rotatable bonds is 4. The minimum Gasteiger partial charge on any atom is -0.338 e. The van der Waals surface area contributed by atoms with Gasteiger partial charge in [0.05, 0.1) is 5.56 Å². The predicted octanol–water partition coefficient (Wildman–Crippen LogP) is 3.64. The van der Waals surface area contributed by atoms with Gasteiger partial charge in [-0.25, -0.2) is 4.98 Å². The third kappa shape index (κ3) is 3.69. The summed E-state index contributed by atoms with van der Waals surface area (Å²) in [6.07, 6.45) is 5.72. The highest BCUT2D eigenvalue weighted by molar-refractivity contribution is 7.99. The number of piperidine rings is 1. The molecule has 27 heavy (non-hydrogen) atoms. The Kier molecular flexibility index (Phi) is 5.11. The second-order valence-electron chi connectivity index (χ2n) is 7.10. The summed E-state index contributed by atoms with van der Waals surface area (Å²) < 4.78 is 2.03. The van der Waals surface area contributed by atoms with Gasteiger partial charge in [-0.2, -0.15) is 0 Å². The summed E-state index contributed by atoms with van der Waals surface area (Å²) in [5.74, 6) is 1.19. The molecule has 1 saturated heterocycles. The quantitative estimate of drug-likeness (QED) is 0.646. The van der Waals surface area contributed by atoms with Crippen molar-refractivity contribution in [2.45, 2.75) is 42.9 Å². The van der Waals surface area contributed by atoms with Crippen LogP contribution in [0.25, 0.3) is 5.65 Å². The van der Waals surface area contributed by atoms with E-state index in [9.17, 15) is 4.79 Å². The van der Waals surface area contributed by atoms with Crippen molar-refractivity contribution in [3.8, 4) is 0 Å². The van der Waals surface area contributed by atoms with Gasteiger partial charge < -0.3 is 4.90 Å². The standard InChI is InChI=1S/C20H23N5OS/c1-14(2)27-19-16(8-5-10-21-19)20(26)24-11-6-7-15(13-24)18-23-22-17-9-3-4-12-25(17)18/h3-5,8-10,12,14-15H,6-7,11,13H2,1-2H3. The zero-order valence-electron chi connectivity index (χ0n) is 15.6. The van der Waals surface area contributed by atoms with Gasteiger partial charge in [0.2, 0.25) is 0 Å². The number of carbonyl (C=O) groups excluding carboxylic acids is 1. The van der Waals surface area contributed by atoms with Gasteiger partial charge >= 0.3 is 0 Å². The van der Waals surface area contributed by atoms with Crippen molar-refractivity contribution in [2.75, 3.05) is 13.1 Å². The van der Waals surface area contributed by atoms with Crippen LogP contribution in [0.5, 0.6) is 0 Å². The van der Waals surface area contributed by atoms with E-state index in [1.165, 1.54) is 0 Å². The molecule has 0 spiro atoms. The average molecular weight is 382 g/mol. The smallest absolute Gasteiger partial charge is 0.256 e. The maximum absolute atomic E-state index is 13.2. The van der Waals surface area contributed by atoms with Crippen LogP contribution in [0, 0.1) is 0 Å². The van der Waals surface area contributed by atoms with Gasteiger partial charge in [0.1, 0.15) is 10.9 Å². The molecule has 1 aliphatic rings. The van der Waals surface area contributed by atoms with E-state index in [0.717, 1.165) is 35.9 Å². The molecule has 0 N–H and O–H groups in total. The fourth-order valence-electron chi connectivity index (χ4n) is 3.55. The van der Waals surface area contributed by atoms with E-state index in [2.05, 4.69) is 29.0 Å². The highest BCUT2D eigenvalue weighted by Crippen LogP contribution is 2.29. The molecule has 7 heteroatoms. The highest BCUT2D eigenvalue weighted by Gasteiger charge is 2.29. The zero-order valence-corrected chi connectivity index (χ0v) is 16.4. The van der Waals surface area contributed by atoms with Gasteiger partial charge in [-0.15, -0.1) is 22.0 Å². The molecule has 1 atom stereocenters. The number of thioether (sulfide) groups is 1. The molecule has 0 bridgehead atoms. The number of fused-ring (bicyclic) bond motifs is 1. The van der Waals surface area contributed by atoms with E-state index < -0.39 is 0 Å². The first-order valence-electron chi connectivity index (χ1n) is 9.34. The molecule has 0 aromatic carbocycles. The summed E-state index contributed by atoms with van der Waals surface area (Å²) in [6.45, 7) is 5.66. The van der Waals surface area contributed by atoms with Gasteiger partial charge in [-0.1, -0.05) is 19.9 Å². The Morgan fingerprint density at radius 3 is 2.96 bits per heavy atom. The van der Waals surface area contributed by atoms with Crippen LogP contribution in [-0.2, 0) is 0 Å². The molecule has 1 aliphatic heterocycles. The van der Waals surface area contributed by atoms with Crippen LogP contribution < -0.4 is 0 Å². The molecule has 3 aromatic heterocycles. The van der Waals surface area contributed by atoms with E-state index in [1.807, 2.05) is 45.8 Å². The summed E-state index contributed by atoms with van der Waals surface area (Å²) in [5.41, 5.74) is 1.54. The van der Waals surface area contributed by atoms with Gasteiger partial charge in [-0.05, 0) is 37.1 Å². The van der Waals surface area contributed by atoms with E-state index in [0.29, 0.717) is 17.4 Å². The largest absolute Gasteiger partial charge is 0.338 e. The number of pyridine rings is 2. The van der Waals surface area contributed by atoms with E-state index in [-0.39, 0.29) is 11.8 Å². The van der Waals surface area contributed by atoms with Gasteiger partial charge in [-0.3, -0.25) is 9.20 Å². The average Bonchev–Trinajstić information content (AvgIpc) is 3.12. The maximum Gasteiger partial charge on any atom is 0.256 e. The van der Waals surface area contributed by atoms with E-state index in [4.69, 9.17) is 0 Å². The van der Waals surface area contributed by atoms with Crippen molar-refractivity contribution >= 4 is 23.3 Å². The number of amides is 1. The van der Waals surface area contributed by atoms with E-state index >= 15 is 0 Å². The number of hydrogen-bond donors (Lipinski definition) is 0. The highest BCUT2D eigenvalue weighted by atomic mass is 32.2. The van der Waals surface area contributed by atoms with Crippen LogP contribution in [0.4, 0.5) is 0 Å². The van der Waals surface area contributed by atoms with Crippen LogP contribution >= 0.6 is 11.8 Å². The first-order valence-corrected chi connectivity index (χ1v) is 10.2. The van der Waals surface area contributed by atoms with Crippen molar-refractivity contribution in [1.29, 1.82) is 0 Å². The van der Waals surface area contributed by atoms with Gasteiger partial charge in [0.25, 0.3) is 5.91 Å². The lowest BCUT2D eigenvalue weighted by Crippen LogP contribution is -2.39. The second-order valence-corrected chi connectivity index (χ2v) is 8.67. The minimum atomic E-state index is 0.0600. The number of nitrogens with zero attached hydrogens (tertiary/aromatic N) is 5. The summed E-state index contributed by atoms with van der Waals surface area (Å²) >= 11 is 1.63. The Balaban J connectivity index is 1.58. The second kappa shape index (κ2) is 7.68. The molecule has 4 heterocycles. The Morgan fingerprint density at radius 1 is 1.22 bits per heavy atom. The van der Waals surface area contributed by atoms with E-state index in [1.54, 1.807) is 18.0 Å².